The molecule has 4 heterocycles. The third-order valence-electron chi connectivity index (χ3n) is 5.61. The number of sulfonamides is 1. The third-order valence-corrected chi connectivity index (χ3v) is 8.69. The van der Waals surface area contributed by atoms with Gasteiger partial charge in [-0.2, -0.15) is 0 Å². The van der Waals surface area contributed by atoms with Crippen molar-refractivity contribution in [2.24, 2.45) is 5.92 Å². The molecule has 0 spiro atoms. The molecule has 2 aliphatic heterocycles. The second-order valence-corrected chi connectivity index (χ2v) is 10.7. The van der Waals surface area contributed by atoms with Crippen LogP contribution < -0.4 is 4.90 Å². The van der Waals surface area contributed by atoms with Crippen molar-refractivity contribution in [2.45, 2.75) is 26.2 Å². The quantitative estimate of drug-likeness (QED) is 0.709. The molecule has 10 heteroatoms. The minimum atomic E-state index is -3.25. The lowest BCUT2D eigenvalue weighted by molar-refractivity contribution is -0.137. The first-order valence-electron chi connectivity index (χ1n) is 10.2. The summed E-state index contributed by atoms with van der Waals surface area (Å²) >= 11 is 1.58. The fourth-order valence-corrected chi connectivity index (χ4v) is 6.60. The normalized spacial score (nSPS) is 21.6. The van der Waals surface area contributed by atoms with Crippen LogP contribution >= 0.6 is 11.3 Å². The summed E-state index contributed by atoms with van der Waals surface area (Å²) in [6.07, 6.45) is 3.88. The minimum Gasteiger partial charge on any atom is -0.344 e. The molecule has 2 aromatic heterocycles. The number of piperidine rings is 1. The zero-order valence-electron chi connectivity index (χ0n) is 16.7. The summed E-state index contributed by atoms with van der Waals surface area (Å²) in [5, 5.41) is 0.945. The topological polar surface area (TPSA) is 86.7 Å². The Morgan fingerprint density at radius 2 is 2.03 bits per heavy atom. The number of aromatic nitrogens is 2. The van der Waals surface area contributed by atoms with Crippen molar-refractivity contribution in [1.29, 1.82) is 0 Å². The Morgan fingerprint density at radius 1 is 1.24 bits per heavy atom. The van der Waals surface area contributed by atoms with E-state index >= 15 is 0 Å². The first-order chi connectivity index (χ1) is 14.0. The highest BCUT2D eigenvalue weighted by molar-refractivity contribution is 7.89. The number of piperazine rings is 1. The van der Waals surface area contributed by atoms with Crippen molar-refractivity contribution >= 4 is 42.7 Å². The second-order valence-electron chi connectivity index (χ2n) is 7.65. The summed E-state index contributed by atoms with van der Waals surface area (Å²) in [5.41, 5.74) is 0.904. The van der Waals surface area contributed by atoms with Gasteiger partial charge in [-0.3, -0.25) is 4.79 Å². The molecule has 8 nitrogen and oxygen atoms in total. The number of amides is 1. The first-order valence-corrected chi connectivity index (χ1v) is 12.6. The Bertz CT molecular complexity index is 936. The zero-order chi connectivity index (χ0) is 20.4. The fraction of sp³-hybridized carbons (Fsp3) is 0.632. The summed E-state index contributed by atoms with van der Waals surface area (Å²) in [6.45, 7) is 5.47. The van der Waals surface area contributed by atoms with Crippen LogP contribution in [0.15, 0.2) is 18.3 Å². The lowest BCUT2D eigenvalue weighted by atomic mass is 9.98. The number of pyridine rings is 1. The molecule has 0 aromatic carbocycles. The van der Waals surface area contributed by atoms with Gasteiger partial charge in [-0.1, -0.05) is 18.3 Å². The van der Waals surface area contributed by atoms with E-state index in [2.05, 4.69) is 14.9 Å². The SMILES string of the molecule is CCCS(=O)(=O)N1CCCC(C(=O)N2CCN(c3nc4cccnc4s3)CC2)C1. The molecule has 0 saturated carbocycles. The largest absolute Gasteiger partial charge is 0.344 e. The molecule has 2 aliphatic rings. The highest BCUT2D eigenvalue weighted by atomic mass is 32.2. The standard InChI is InChI=1S/C19H27N5O3S2/c1-2-13-29(26,27)24-8-4-5-15(14-24)18(25)22-9-11-23(12-10-22)19-21-16-6-3-7-20-17(16)28-19/h3,6-7,15H,2,4-5,8-14H2,1H3. The molecule has 2 aromatic rings. The lowest BCUT2D eigenvalue weighted by Crippen LogP contribution is -2.53. The smallest absolute Gasteiger partial charge is 0.227 e. The number of rotatable bonds is 5. The highest BCUT2D eigenvalue weighted by Crippen LogP contribution is 2.28. The van der Waals surface area contributed by atoms with Crippen molar-refractivity contribution in [2.75, 3.05) is 49.9 Å². The van der Waals surface area contributed by atoms with Crippen molar-refractivity contribution in [1.82, 2.24) is 19.2 Å². The van der Waals surface area contributed by atoms with Gasteiger partial charge in [-0.05, 0) is 31.4 Å². The summed E-state index contributed by atoms with van der Waals surface area (Å²) in [7, 11) is -3.25. The molecule has 29 heavy (non-hydrogen) atoms. The summed E-state index contributed by atoms with van der Waals surface area (Å²) in [4.78, 5) is 27.1. The number of carbonyl (C=O) groups is 1. The Kier molecular flexibility index (Phi) is 6.03. The van der Waals surface area contributed by atoms with Crippen molar-refractivity contribution in [3.8, 4) is 0 Å². The predicted molar refractivity (Wildman–Crippen MR) is 115 cm³/mol. The van der Waals surface area contributed by atoms with Gasteiger partial charge in [0.25, 0.3) is 0 Å². The van der Waals surface area contributed by atoms with Gasteiger partial charge < -0.3 is 9.80 Å². The van der Waals surface area contributed by atoms with Gasteiger partial charge in [-0.25, -0.2) is 22.7 Å². The van der Waals surface area contributed by atoms with E-state index < -0.39 is 10.0 Å². The molecule has 1 amide bonds. The maximum Gasteiger partial charge on any atom is 0.227 e. The lowest BCUT2D eigenvalue weighted by Gasteiger charge is -2.38. The van der Waals surface area contributed by atoms with E-state index in [0.29, 0.717) is 32.6 Å². The van der Waals surface area contributed by atoms with Crippen LogP contribution in [0.25, 0.3) is 10.3 Å². The molecule has 0 N–H and O–H groups in total. The monoisotopic (exact) mass is 437 g/mol. The molecular formula is C19H27N5O3S2. The molecule has 1 atom stereocenters. The molecule has 0 bridgehead atoms. The van der Waals surface area contributed by atoms with E-state index in [1.807, 2.05) is 24.0 Å². The Labute approximate surface area is 175 Å². The van der Waals surface area contributed by atoms with E-state index in [-0.39, 0.29) is 17.6 Å². The van der Waals surface area contributed by atoms with E-state index in [0.717, 1.165) is 41.4 Å². The molecule has 0 aliphatic carbocycles. The number of carbonyl (C=O) groups excluding carboxylic acids is 1. The predicted octanol–water partition coefficient (Wildman–Crippen LogP) is 1.79. The van der Waals surface area contributed by atoms with E-state index in [4.69, 9.17) is 0 Å². The molecular weight excluding hydrogens is 410 g/mol. The Hall–Kier alpha value is -1.78. The van der Waals surface area contributed by atoms with Crippen molar-refractivity contribution in [3.05, 3.63) is 18.3 Å². The van der Waals surface area contributed by atoms with Crippen LogP contribution in [0.3, 0.4) is 0 Å². The molecule has 4 rings (SSSR count). The summed E-state index contributed by atoms with van der Waals surface area (Å²) < 4.78 is 26.3. The van der Waals surface area contributed by atoms with Crippen LogP contribution in [0.5, 0.6) is 0 Å². The number of anilines is 1. The van der Waals surface area contributed by atoms with Crippen LogP contribution in [-0.2, 0) is 14.8 Å². The van der Waals surface area contributed by atoms with Crippen LogP contribution in [0, 0.1) is 5.92 Å². The zero-order valence-corrected chi connectivity index (χ0v) is 18.3. The van der Waals surface area contributed by atoms with Crippen molar-refractivity contribution < 1.29 is 13.2 Å². The number of hydrogen-bond acceptors (Lipinski definition) is 7. The average Bonchev–Trinajstić information content (AvgIpc) is 3.18. The molecule has 2 fully saturated rings. The molecule has 158 valence electrons. The van der Waals surface area contributed by atoms with E-state index in [1.165, 1.54) is 4.31 Å². The maximum absolute atomic E-state index is 13.0. The maximum atomic E-state index is 13.0. The first kappa shape index (κ1) is 20.5. The van der Waals surface area contributed by atoms with Crippen LogP contribution in [-0.4, -0.2) is 78.5 Å². The van der Waals surface area contributed by atoms with E-state index in [9.17, 15) is 13.2 Å². The van der Waals surface area contributed by atoms with E-state index in [1.54, 1.807) is 17.5 Å². The Morgan fingerprint density at radius 3 is 2.76 bits per heavy atom. The van der Waals surface area contributed by atoms with Gasteiger partial charge in [-0.15, -0.1) is 0 Å². The number of fused-ring (bicyclic) bond motifs is 1. The number of thiazole rings is 1. The molecule has 2 saturated heterocycles. The third kappa shape index (κ3) is 4.39. The van der Waals surface area contributed by atoms with Gasteiger partial charge >= 0.3 is 0 Å². The Balaban J connectivity index is 1.36. The molecule has 0 radical (unpaired) electrons. The van der Waals surface area contributed by atoms with Gasteiger partial charge in [0, 0.05) is 45.5 Å². The number of nitrogens with zero attached hydrogens (tertiary/aromatic N) is 5. The second kappa shape index (κ2) is 8.53. The van der Waals surface area contributed by atoms with Gasteiger partial charge in [0.05, 0.1) is 11.7 Å². The number of hydrogen-bond donors (Lipinski definition) is 0. The average molecular weight is 438 g/mol. The highest BCUT2D eigenvalue weighted by Gasteiger charge is 2.35. The van der Waals surface area contributed by atoms with Gasteiger partial charge in [0.1, 0.15) is 10.3 Å². The van der Waals surface area contributed by atoms with Gasteiger partial charge in [0.2, 0.25) is 15.9 Å². The fourth-order valence-electron chi connectivity index (χ4n) is 4.05. The van der Waals surface area contributed by atoms with Crippen LogP contribution in [0.1, 0.15) is 26.2 Å². The van der Waals surface area contributed by atoms with Crippen LogP contribution in [0.2, 0.25) is 0 Å². The molecule has 1 unspecified atom stereocenters. The van der Waals surface area contributed by atoms with Crippen LogP contribution in [0.4, 0.5) is 5.13 Å². The summed E-state index contributed by atoms with van der Waals surface area (Å²) in [5.74, 6) is 0.0180. The van der Waals surface area contributed by atoms with Gasteiger partial charge in [0.15, 0.2) is 5.13 Å². The van der Waals surface area contributed by atoms with Crippen molar-refractivity contribution in [3.63, 3.8) is 0 Å². The minimum absolute atomic E-state index is 0.0898. The summed E-state index contributed by atoms with van der Waals surface area (Å²) in [6, 6.07) is 3.85.